The third-order valence-electron chi connectivity index (χ3n) is 5.98. The molecule has 3 aromatic rings. The number of nitrogens with zero attached hydrogens (tertiary/aromatic N) is 3. The van der Waals surface area contributed by atoms with Crippen molar-refractivity contribution in [1.82, 2.24) is 20.4 Å². The molecule has 2 aromatic heterocycles. The van der Waals surface area contributed by atoms with E-state index < -0.39 is 5.91 Å². The van der Waals surface area contributed by atoms with Crippen molar-refractivity contribution in [1.29, 1.82) is 0 Å². The van der Waals surface area contributed by atoms with E-state index in [1.54, 1.807) is 11.2 Å². The van der Waals surface area contributed by atoms with Crippen molar-refractivity contribution in [3.63, 3.8) is 0 Å². The summed E-state index contributed by atoms with van der Waals surface area (Å²) >= 11 is 0.987. The van der Waals surface area contributed by atoms with Gasteiger partial charge in [-0.2, -0.15) is 0 Å². The molecule has 1 aliphatic heterocycles. The number of benzene rings is 1. The van der Waals surface area contributed by atoms with Gasteiger partial charge in [-0.3, -0.25) is 14.4 Å². The molecule has 0 aliphatic carbocycles. The van der Waals surface area contributed by atoms with E-state index in [-0.39, 0.29) is 33.8 Å². The van der Waals surface area contributed by atoms with Crippen LogP contribution in [0.4, 0.5) is 5.69 Å². The summed E-state index contributed by atoms with van der Waals surface area (Å²) < 4.78 is 5.33. The van der Waals surface area contributed by atoms with Crippen molar-refractivity contribution in [3.05, 3.63) is 64.0 Å². The van der Waals surface area contributed by atoms with E-state index in [9.17, 15) is 14.4 Å². The molecule has 1 saturated heterocycles. The fraction of sp³-hybridized carbons (Fsp3) is 0.400. The summed E-state index contributed by atoms with van der Waals surface area (Å²) in [5, 5.41) is 14.0. The number of rotatable bonds is 8. The summed E-state index contributed by atoms with van der Waals surface area (Å²) in [5.74, 6) is 0.461. The third-order valence-corrected chi connectivity index (χ3v) is 6.89. The van der Waals surface area contributed by atoms with Crippen LogP contribution in [0.5, 0.6) is 0 Å². The molecule has 1 aliphatic rings. The second-order valence-corrected chi connectivity index (χ2v) is 9.90. The molecule has 9 nitrogen and oxygen atoms in total. The molecule has 1 aromatic carbocycles. The molecule has 2 N–H and O–H groups in total. The highest BCUT2D eigenvalue weighted by atomic mass is 32.1. The second-order valence-electron chi connectivity index (χ2n) is 8.92. The normalized spacial score (nSPS) is 15.0. The van der Waals surface area contributed by atoms with Gasteiger partial charge in [-0.05, 0) is 56.9 Å². The van der Waals surface area contributed by atoms with Crippen LogP contribution >= 0.6 is 11.3 Å². The zero-order valence-electron chi connectivity index (χ0n) is 19.8. The smallest absolute Gasteiger partial charge is 0.286 e. The molecule has 0 unspecified atom stereocenters. The first-order valence-corrected chi connectivity index (χ1v) is 12.5. The number of likely N-dealkylation sites (tertiary alicyclic amines) is 1. The van der Waals surface area contributed by atoms with Crippen LogP contribution in [0.25, 0.3) is 0 Å². The second kappa shape index (κ2) is 11.3. The number of hydrogen-bond donors (Lipinski definition) is 2. The molecule has 0 bridgehead atoms. The van der Waals surface area contributed by atoms with Crippen molar-refractivity contribution in [3.8, 4) is 0 Å². The van der Waals surface area contributed by atoms with Gasteiger partial charge in [0.25, 0.3) is 11.8 Å². The Kier molecular flexibility index (Phi) is 7.91. The standard InChI is InChI=1S/C25H29N5O4S/c1-16-5-7-19(8-6-16)27-22(32)23-28-29-24(35-23)25(33)30-11-9-18(10-12-30)15-21(31)26-17(2)14-20-4-3-13-34-20/h3-8,13,17-18H,9-12,14-15H2,1-2H3,(H,26,31)(H,27,32)/t17-/m1/s1. The quantitative estimate of drug-likeness (QED) is 0.492. The highest BCUT2D eigenvalue weighted by Crippen LogP contribution is 2.23. The van der Waals surface area contributed by atoms with Crippen LogP contribution in [-0.2, 0) is 11.2 Å². The molecule has 35 heavy (non-hydrogen) atoms. The minimum atomic E-state index is -0.392. The first-order valence-electron chi connectivity index (χ1n) is 11.7. The Hall–Kier alpha value is -3.53. The van der Waals surface area contributed by atoms with Crippen LogP contribution in [0.15, 0.2) is 47.1 Å². The summed E-state index contributed by atoms with van der Waals surface area (Å²) in [6.45, 7) is 5.02. The Bertz CT molecular complexity index is 1150. The van der Waals surface area contributed by atoms with Gasteiger partial charge in [0.1, 0.15) is 5.76 Å². The summed E-state index contributed by atoms with van der Waals surface area (Å²) in [6, 6.07) is 11.1. The average Bonchev–Trinajstić information content (AvgIpc) is 3.53. The zero-order valence-corrected chi connectivity index (χ0v) is 20.6. The van der Waals surface area contributed by atoms with Gasteiger partial charge in [0.15, 0.2) is 0 Å². The molecule has 4 rings (SSSR count). The monoisotopic (exact) mass is 495 g/mol. The lowest BCUT2D eigenvalue weighted by molar-refractivity contribution is -0.122. The van der Waals surface area contributed by atoms with Gasteiger partial charge in [-0.15, -0.1) is 10.2 Å². The maximum Gasteiger partial charge on any atom is 0.286 e. The Labute approximate surface area is 207 Å². The summed E-state index contributed by atoms with van der Waals surface area (Å²) in [5.41, 5.74) is 1.75. The molecule has 0 spiro atoms. The first-order chi connectivity index (χ1) is 16.9. The predicted molar refractivity (Wildman–Crippen MR) is 132 cm³/mol. The Balaban J connectivity index is 1.22. The van der Waals surface area contributed by atoms with Crippen molar-refractivity contribution >= 4 is 34.7 Å². The van der Waals surface area contributed by atoms with E-state index in [1.165, 1.54) is 0 Å². The largest absolute Gasteiger partial charge is 0.469 e. The van der Waals surface area contributed by atoms with E-state index in [0.717, 1.165) is 35.5 Å². The van der Waals surface area contributed by atoms with E-state index in [0.29, 0.717) is 31.6 Å². The number of amides is 3. The maximum atomic E-state index is 12.9. The van der Waals surface area contributed by atoms with Crippen LogP contribution in [0.1, 0.15) is 57.1 Å². The third kappa shape index (κ3) is 6.75. The van der Waals surface area contributed by atoms with E-state index >= 15 is 0 Å². The number of nitrogens with one attached hydrogen (secondary N) is 2. The number of carbonyl (C=O) groups is 3. The molecule has 3 heterocycles. The number of furan rings is 1. The van der Waals surface area contributed by atoms with Crippen molar-refractivity contribution in [2.45, 2.75) is 45.6 Å². The van der Waals surface area contributed by atoms with Crippen LogP contribution in [0, 0.1) is 12.8 Å². The minimum Gasteiger partial charge on any atom is -0.469 e. The zero-order chi connectivity index (χ0) is 24.8. The molecule has 1 atom stereocenters. The summed E-state index contributed by atoms with van der Waals surface area (Å²) in [4.78, 5) is 39.5. The molecular formula is C25H29N5O4S. The number of aryl methyl sites for hydroxylation is 1. The lowest BCUT2D eigenvalue weighted by Crippen LogP contribution is -2.40. The number of piperidine rings is 1. The van der Waals surface area contributed by atoms with Crippen LogP contribution in [-0.4, -0.2) is 52.0 Å². The van der Waals surface area contributed by atoms with Crippen molar-refractivity contribution in [2.75, 3.05) is 18.4 Å². The number of aromatic nitrogens is 2. The van der Waals surface area contributed by atoms with Gasteiger partial charge in [0.2, 0.25) is 15.9 Å². The maximum absolute atomic E-state index is 12.9. The van der Waals surface area contributed by atoms with E-state index in [2.05, 4.69) is 20.8 Å². The topological polar surface area (TPSA) is 117 Å². The number of carbonyl (C=O) groups excluding carboxylic acids is 3. The SMILES string of the molecule is Cc1ccc(NC(=O)c2nnc(C(=O)N3CCC(CC(=O)N[C@H](C)Cc4ccco4)CC3)s2)cc1. The summed E-state index contributed by atoms with van der Waals surface area (Å²) in [7, 11) is 0. The molecule has 0 saturated carbocycles. The Morgan fingerprint density at radius 1 is 1.11 bits per heavy atom. The van der Waals surface area contributed by atoms with Crippen LogP contribution in [0.2, 0.25) is 0 Å². The molecule has 10 heteroatoms. The number of hydrogen-bond acceptors (Lipinski definition) is 7. The molecule has 0 radical (unpaired) electrons. The van der Waals surface area contributed by atoms with Gasteiger partial charge in [-0.1, -0.05) is 29.0 Å². The van der Waals surface area contributed by atoms with Gasteiger partial charge in [-0.25, -0.2) is 0 Å². The van der Waals surface area contributed by atoms with Crippen LogP contribution < -0.4 is 10.6 Å². The highest BCUT2D eigenvalue weighted by molar-refractivity contribution is 7.15. The Morgan fingerprint density at radius 3 is 2.51 bits per heavy atom. The predicted octanol–water partition coefficient (Wildman–Crippen LogP) is 3.68. The van der Waals surface area contributed by atoms with E-state index in [1.807, 2.05) is 50.2 Å². The average molecular weight is 496 g/mol. The highest BCUT2D eigenvalue weighted by Gasteiger charge is 2.28. The Morgan fingerprint density at radius 2 is 1.83 bits per heavy atom. The molecular weight excluding hydrogens is 466 g/mol. The van der Waals surface area contributed by atoms with Crippen molar-refractivity contribution < 1.29 is 18.8 Å². The minimum absolute atomic E-state index is 0.00915. The first kappa shape index (κ1) is 24.6. The molecule has 184 valence electrons. The fourth-order valence-electron chi connectivity index (χ4n) is 4.08. The molecule has 1 fully saturated rings. The number of anilines is 1. The van der Waals surface area contributed by atoms with Crippen molar-refractivity contribution in [2.24, 2.45) is 5.92 Å². The van der Waals surface area contributed by atoms with Gasteiger partial charge < -0.3 is 20.0 Å². The van der Waals surface area contributed by atoms with Gasteiger partial charge in [0, 0.05) is 37.7 Å². The fourth-order valence-corrected chi connectivity index (χ4v) is 4.78. The van der Waals surface area contributed by atoms with E-state index in [4.69, 9.17) is 4.42 Å². The lowest BCUT2D eigenvalue weighted by atomic mass is 9.93. The molecule has 3 amide bonds. The van der Waals surface area contributed by atoms with Gasteiger partial charge >= 0.3 is 0 Å². The van der Waals surface area contributed by atoms with Gasteiger partial charge in [0.05, 0.1) is 6.26 Å². The van der Waals surface area contributed by atoms with Crippen LogP contribution in [0.3, 0.4) is 0 Å². The summed E-state index contributed by atoms with van der Waals surface area (Å²) in [6.07, 6.45) is 4.20. The lowest BCUT2D eigenvalue weighted by Gasteiger charge is -2.31.